The highest BCUT2D eigenvalue weighted by Crippen LogP contribution is 2.24. The maximum absolute atomic E-state index is 8.93. The predicted octanol–water partition coefficient (Wildman–Crippen LogP) is 3.12. The summed E-state index contributed by atoms with van der Waals surface area (Å²) in [6.45, 7) is 11.6. The minimum Gasteiger partial charge on any atom is -0.396 e. The average molecular weight is 346 g/mol. The van der Waals surface area contributed by atoms with Crippen molar-refractivity contribution >= 4 is 15.9 Å². The lowest BCUT2D eigenvalue weighted by molar-refractivity contribution is 0.236. The first kappa shape index (κ1) is 17.7. The Kier molecular flexibility index (Phi) is 7.20. The van der Waals surface area contributed by atoms with Gasteiger partial charge in [-0.2, -0.15) is 5.10 Å². The third-order valence-electron chi connectivity index (χ3n) is 3.60. The number of rotatable bonds is 9. The van der Waals surface area contributed by atoms with Crippen molar-refractivity contribution in [3.05, 3.63) is 15.9 Å². The zero-order chi connectivity index (χ0) is 15.2. The number of halogens is 1. The SMILES string of the molecule is CCc1nn(CC)c(CNCC(C)(C)CCCO)c1Br. The topological polar surface area (TPSA) is 50.1 Å². The van der Waals surface area contributed by atoms with Crippen LogP contribution in [0.15, 0.2) is 4.47 Å². The molecule has 0 unspecified atom stereocenters. The molecule has 5 heteroatoms. The van der Waals surface area contributed by atoms with Crippen LogP contribution in [0, 0.1) is 5.41 Å². The van der Waals surface area contributed by atoms with Crippen molar-refractivity contribution in [3.8, 4) is 0 Å². The predicted molar refractivity (Wildman–Crippen MR) is 86.8 cm³/mol. The van der Waals surface area contributed by atoms with Crippen LogP contribution >= 0.6 is 15.9 Å². The number of aromatic nitrogens is 2. The van der Waals surface area contributed by atoms with Crippen molar-refractivity contribution in [2.45, 2.75) is 60.0 Å². The molecule has 116 valence electrons. The van der Waals surface area contributed by atoms with E-state index in [-0.39, 0.29) is 12.0 Å². The van der Waals surface area contributed by atoms with E-state index in [1.807, 2.05) is 0 Å². The number of nitrogens with one attached hydrogen (secondary N) is 1. The molecule has 1 rings (SSSR count). The monoisotopic (exact) mass is 345 g/mol. The van der Waals surface area contributed by atoms with Gasteiger partial charge >= 0.3 is 0 Å². The van der Waals surface area contributed by atoms with Gasteiger partial charge in [-0.15, -0.1) is 0 Å². The van der Waals surface area contributed by atoms with Gasteiger partial charge < -0.3 is 10.4 Å². The van der Waals surface area contributed by atoms with Gasteiger partial charge in [-0.3, -0.25) is 4.68 Å². The second-order valence-corrected chi connectivity index (χ2v) is 6.76. The zero-order valence-corrected chi connectivity index (χ0v) is 14.8. The molecule has 1 aromatic rings. The molecule has 0 atom stereocenters. The number of nitrogens with zero attached hydrogens (tertiary/aromatic N) is 2. The first-order chi connectivity index (χ1) is 9.45. The molecule has 0 spiro atoms. The molecule has 0 amide bonds. The van der Waals surface area contributed by atoms with Crippen LogP contribution in [0.5, 0.6) is 0 Å². The minimum atomic E-state index is 0.208. The van der Waals surface area contributed by atoms with E-state index in [1.54, 1.807) is 0 Å². The van der Waals surface area contributed by atoms with E-state index in [1.165, 1.54) is 5.69 Å². The Morgan fingerprint density at radius 3 is 2.60 bits per heavy atom. The van der Waals surface area contributed by atoms with Crippen LogP contribution in [0.3, 0.4) is 0 Å². The Balaban J connectivity index is 2.59. The van der Waals surface area contributed by atoms with Crippen LogP contribution in [0.4, 0.5) is 0 Å². The number of aliphatic hydroxyl groups is 1. The summed E-state index contributed by atoms with van der Waals surface area (Å²) in [7, 11) is 0. The third-order valence-corrected chi connectivity index (χ3v) is 4.52. The third kappa shape index (κ3) is 4.86. The molecule has 1 aromatic heterocycles. The Morgan fingerprint density at radius 1 is 1.35 bits per heavy atom. The summed E-state index contributed by atoms with van der Waals surface area (Å²) in [5.41, 5.74) is 2.56. The van der Waals surface area contributed by atoms with Gasteiger partial charge in [-0.1, -0.05) is 20.8 Å². The molecule has 0 radical (unpaired) electrons. The minimum absolute atomic E-state index is 0.208. The summed E-state index contributed by atoms with van der Waals surface area (Å²) in [6, 6.07) is 0. The molecular weight excluding hydrogens is 318 g/mol. The molecule has 0 bridgehead atoms. The van der Waals surface area contributed by atoms with E-state index >= 15 is 0 Å². The Morgan fingerprint density at radius 2 is 2.05 bits per heavy atom. The van der Waals surface area contributed by atoms with Gasteiger partial charge in [-0.05, 0) is 47.5 Å². The van der Waals surface area contributed by atoms with Crippen molar-refractivity contribution in [1.82, 2.24) is 15.1 Å². The lowest BCUT2D eigenvalue weighted by Crippen LogP contribution is -2.30. The maximum Gasteiger partial charge on any atom is 0.0767 e. The zero-order valence-electron chi connectivity index (χ0n) is 13.2. The van der Waals surface area contributed by atoms with Crippen molar-refractivity contribution in [2.75, 3.05) is 13.2 Å². The molecule has 0 aliphatic heterocycles. The van der Waals surface area contributed by atoms with E-state index in [9.17, 15) is 0 Å². The van der Waals surface area contributed by atoms with Gasteiger partial charge in [0.25, 0.3) is 0 Å². The molecule has 0 saturated carbocycles. The maximum atomic E-state index is 8.93. The number of hydrogen-bond donors (Lipinski definition) is 2. The first-order valence-corrected chi connectivity index (χ1v) is 8.30. The first-order valence-electron chi connectivity index (χ1n) is 7.50. The molecule has 20 heavy (non-hydrogen) atoms. The lowest BCUT2D eigenvalue weighted by atomic mass is 9.88. The van der Waals surface area contributed by atoms with Gasteiger partial charge in [0.1, 0.15) is 0 Å². The summed E-state index contributed by atoms with van der Waals surface area (Å²) in [4.78, 5) is 0. The van der Waals surface area contributed by atoms with Crippen molar-refractivity contribution in [2.24, 2.45) is 5.41 Å². The fraction of sp³-hybridized carbons (Fsp3) is 0.800. The van der Waals surface area contributed by atoms with Crippen molar-refractivity contribution in [1.29, 1.82) is 0 Å². The molecular formula is C15H28BrN3O. The van der Waals surface area contributed by atoms with Crippen molar-refractivity contribution in [3.63, 3.8) is 0 Å². The smallest absolute Gasteiger partial charge is 0.0767 e. The van der Waals surface area contributed by atoms with Crippen LogP contribution in [0.2, 0.25) is 0 Å². The quantitative estimate of drug-likeness (QED) is 0.722. The standard InChI is InChI=1S/C15H28BrN3O/c1-5-12-14(16)13(19(6-2)18-12)10-17-11-15(3,4)8-7-9-20/h17,20H,5-11H2,1-4H3. The summed E-state index contributed by atoms with van der Waals surface area (Å²) >= 11 is 3.67. The average Bonchev–Trinajstić information content (AvgIpc) is 2.73. The summed E-state index contributed by atoms with van der Waals surface area (Å²) in [6.07, 6.45) is 2.85. The van der Waals surface area contributed by atoms with Gasteiger partial charge in [-0.25, -0.2) is 0 Å². The van der Waals surface area contributed by atoms with E-state index in [0.717, 1.165) is 49.1 Å². The van der Waals surface area contributed by atoms with Crippen LogP contribution in [-0.4, -0.2) is 28.0 Å². The highest BCUT2D eigenvalue weighted by atomic mass is 79.9. The van der Waals surface area contributed by atoms with Gasteiger partial charge in [0, 0.05) is 26.2 Å². The highest BCUT2D eigenvalue weighted by molar-refractivity contribution is 9.10. The molecule has 0 aliphatic carbocycles. The molecule has 0 aromatic carbocycles. The molecule has 0 aliphatic rings. The summed E-state index contributed by atoms with van der Waals surface area (Å²) < 4.78 is 3.21. The van der Waals surface area contributed by atoms with Crippen LogP contribution < -0.4 is 5.32 Å². The van der Waals surface area contributed by atoms with Gasteiger partial charge in [0.15, 0.2) is 0 Å². The summed E-state index contributed by atoms with van der Waals surface area (Å²) in [5, 5.41) is 17.1. The fourth-order valence-electron chi connectivity index (χ4n) is 2.35. The number of aryl methyl sites for hydroxylation is 2. The fourth-order valence-corrected chi connectivity index (χ4v) is 3.06. The van der Waals surface area contributed by atoms with Crippen LogP contribution in [0.25, 0.3) is 0 Å². The normalized spacial score (nSPS) is 12.1. The van der Waals surface area contributed by atoms with Gasteiger partial charge in [0.05, 0.1) is 15.9 Å². The Bertz CT molecular complexity index is 415. The molecule has 2 N–H and O–H groups in total. The van der Waals surface area contributed by atoms with E-state index in [0.29, 0.717) is 0 Å². The Hall–Kier alpha value is -0.390. The Labute approximate surface area is 131 Å². The van der Waals surface area contributed by atoms with E-state index in [4.69, 9.17) is 5.11 Å². The second-order valence-electron chi connectivity index (χ2n) is 5.97. The molecule has 1 heterocycles. The highest BCUT2D eigenvalue weighted by Gasteiger charge is 2.18. The largest absolute Gasteiger partial charge is 0.396 e. The van der Waals surface area contributed by atoms with E-state index < -0.39 is 0 Å². The summed E-state index contributed by atoms with van der Waals surface area (Å²) in [5.74, 6) is 0. The molecule has 4 nitrogen and oxygen atoms in total. The van der Waals surface area contributed by atoms with Gasteiger partial charge in [0.2, 0.25) is 0 Å². The number of hydrogen-bond acceptors (Lipinski definition) is 3. The lowest BCUT2D eigenvalue weighted by Gasteiger charge is -2.24. The number of aliphatic hydroxyl groups excluding tert-OH is 1. The van der Waals surface area contributed by atoms with E-state index in [2.05, 4.69) is 58.7 Å². The van der Waals surface area contributed by atoms with Crippen molar-refractivity contribution < 1.29 is 5.11 Å². The second kappa shape index (κ2) is 8.15. The van der Waals surface area contributed by atoms with Crippen LogP contribution in [-0.2, 0) is 19.5 Å². The molecule has 0 saturated heterocycles. The van der Waals surface area contributed by atoms with Crippen LogP contribution in [0.1, 0.15) is 51.9 Å². The molecule has 0 fully saturated rings.